The van der Waals surface area contributed by atoms with E-state index in [0.717, 1.165) is 47.3 Å². The Hall–Kier alpha value is -3.58. The van der Waals surface area contributed by atoms with Gasteiger partial charge in [-0.25, -0.2) is 0 Å². The van der Waals surface area contributed by atoms with Crippen LogP contribution in [-0.2, 0) is 12.6 Å². The van der Waals surface area contributed by atoms with Gasteiger partial charge in [-0.2, -0.15) is 13.2 Å². The number of rotatable bonds is 9. The molecule has 0 saturated carbocycles. The highest BCUT2D eigenvalue weighted by molar-refractivity contribution is 5.84. The molecule has 0 aliphatic carbocycles. The first-order chi connectivity index (χ1) is 16.4. The summed E-state index contributed by atoms with van der Waals surface area (Å²) in [6, 6.07) is 20.8. The third kappa shape index (κ3) is 6.05. The first-order valence-electron chi connectivity index (χ1n) is 11.0. The lowest BCUT2D eigenvalue weighted by Gasteiger charge is -2.14. The van der Waals surface area contributed by atoms with Crippen molar-refractivity contribution < 1.29 is 22.6 Å². The van der Waals surface area contributed by atoms with Gasteiger partial charge in [0.15, 0.2) is 0 Å². The van der Waals surface area contributed by atoms with Gasteiger partial charge < -0.3 is 14.8 Å². The van der Waals surface area contributed by atoms with Crippen LogP contribution in [0.3, 0.4) is 0 Å². The fourth-order valence-corrected chi connectivity index (χ4v) is 3.69. The number of methoxy groups -OCH3 is 1. The Morgan fingerprint density at radius 2 is 1.74 bits per heavy atom. The van der Waals surface area contributed by atoms with Gasteiger partial charge in [-0.1, -0.05) is 24.3 Å². The lowest BCUT2D eigenvalue weighted by atomic mass is 10.0. The van der Waals surface area contributed by atoms with Crippen molar-refractivity contribution >= 4 is 10.9 Å². The van der Waals surface area contributed by atoms with E-state index >= 15 is 0 Å². The first kappa shape index (κ1) is 23.6. The van der Waals surface area contributed by atoms with Crippen LogP contribution in [0, 0.1) is 0 Å². The average Bonchev–Trinajstić information content (AvgIpc) is 2.85. The van der Waals surface area contributed by atoms with Crippen LogP contribution in [0.25, 0.3) is 22.0 Å². The van der Waals surface area contributed by atoms with Gasteiger partial charge in [0, 0.05) is 18.1 Å². The number of nitrogens with zero attached hydrogens (tertiary/aromatic N) is 1. The molecule has 0 radical (unpaired) electrons. The zero-order valence-electron chi connectivity index (χ0n) is 18.7. The van der Waals surface area contributed by atoms with Crippen LogP contribution in [0.15, 0.2) is 79.0 Å². The standard InChI is InChI=1S/C27H25F3N2O2/c1-33-24-6-2-4-19(14-24)9-11-31-12-13-34-25-17-22(16-23(18-25)27(28,29)30)20-7-8-26-21(15-20)5-3-10-32-26/h2-8,10,14-18,31H,9,11-13H2,1H3. The highest BCUT2D eigenvalue weighted by atomic mass is 19.4. The molecule has 0 spiro atoms. The molecule has 0 saturated heterocycles. The van der Waals surface area contributed by atoms with E-state index in [0.29, 0.717) is 17.7 Å². The molecule has 0 unspecified atom stereocenters. The first-order valence-corrected chi connectivity index (χ1v) is 11.0. The number of nitrogens with one attached hydrogen (secondary N) is 1. The summed E-state index contributed by atoms with van der Waals surface area (Å²) < 4.78 is 51.5. The van der Waals surface area contributed by atoms with E-state index in [4.69, 9.17) is 9.47 Å². The van der Waals surface area contributed by atoms with Gasteiger partial charge in [-0.3, -0.25) is 4.98 Å². The molecule has 176 valence electrons. The van der Waals surface area contributed by atoms with Crippen LogP contribution in [0.1, 0.15) is 11.1 Å². The van der Waals surface area contributed by atoms with Gasteiger partial charge in [0.05, 0.1) is 18.2 Å². The molecule has 4 nitrogen and oxygen atoms in total. The molecule has 1 N–H and O–H groups in total. The van der Waals surface area contributed by atoms with Crippen molar-refractivity contribution in [2.24, 2.45) is 0 Å². The molecule has 4 aromatic rings. The quantitative estimate of drug-likeness (QED) is 0.301. The molecule has 0 bridgehead atoms. The Morgan fingerprint density at radius 1 is 0.853 bits per heavy atom. The van der Waals surface area contributed by atoms with Crippen LogP contribution in [-0.4, -0.2) is 31.8 Å². The number of benzene rings is 3. The Kier molecular flexibility index (Phi) is 7.33. The summed E-state index contributed by atoms with van der Waals surface area (Å²) in [6.07, 6.45) is -1.98. The zero-order chi connectivity index (χ0) is 24.0. The van der Waals surface area contributed by atoms with E-state index in [1.54, 1.807) is 37.6 Å². The minimum atomic E-state index is -4.47. The average molecular weight is 467 g/mol. The lowest BCUT2D eigenvalue weighted by Crippen LogP contribution is -2.23. The fourth-order valence-electron chi connectivity index (χ4n) is 3.69. The lowest BCUT2D eigenvalue weighted by molar-refractivity contribution is -0.137. The van der Waals surface area contributed by atoms with Crippen LogP contribution in [0.5, 0.6) is 11.5 Å². The second-order valence-electron chi connectivity index (χ2n) is 7.85. The fraction of sp³-hybridized carbons (Fsp3) is 0.222. The molecule has 0 atom stereocenters. The van der Waals surface area contributed by atoms with Crippen molar-refractivity contribution in [3.63, 3.8) is 0 Å². The molecule has 0 amide bonds. The van der Waals surface area contributed by atoms with Crippen molar-refractivity contribution in [2.45, 2.75) is 12.6 Å². The van der Waals surface area contributed by atoms with Crippen molar-refractivity contribution in [1.29, 1.82) is 0 Å². The second-order valence-corrected chi connectivity index (χ2v) is 7.85. The maximum atomic E-state index is 13.5. The summed E-state index contributed by atoms with van der Waals surface area (Å²) in [7, 11) is 1.63. The second kappa shape index (κ2) is 10.6. The predicted octanol–water partition coefficient (Wildman–Crippen LogP) is 6.14. The Bertz CT molecular complexity index is 1260. The molecule has 1 aromatic heterocycles. The monoisotopic (exact) mass is 466 g/mol. The number of pyridine rings is 1. The minimum Gasteiger partial charge on any atom is -0.497 e. The van der Waals surface area contributed by atoms with Crippen LogP contribution < -0.4 is 14.8 Å². The van der Waals surface area contributed by atoms with Gasteiger partial charge in [0.25, 0.3) is 0 Å². The van der Waals surface area contributed by atoms with Gasteiger partial charge >= 0.3 is 6.18 Å². The Labute approximate surface area is 196 Å². The largest absolute Gasteiger partial charge is 0.497 e. The highest BCUT2D eigenvalue weighted by Gasteiger charge is 2.31. The number of fused-ring (bicyclic) bond motifs is 1. The van der Waals surface area contributed by atoms with Crippen molar-refractivity contribution in [3.05, 3.63) is 90.1 Å². The molecule has 0 aliphatic heterocycles. The molecule has 1 heterocycles. The maximum Gasteiger partial charge on any atom is 0.416 e. The molecule has 3 aromatic carbocycles. The van der Waals surface area contributed by atoms with Gasteiger partial charge in [0.1, 0.15) is 18.1 Å². The van der Waals surface area contributed by atoms with E-state index in [9.17, 15) is 13.2 Å². The smallest absolute Gasteiger partial charge is 0.416 e. The number of hydrogen-bond acceptors (Lipinski definition) is 4. The summed E-state index contributed by atoms with van der Waals surface area (Å²) in [5.74, 6) is 0.995. The third-order valence-corrected chi connectivity index (χ3v) is 5.44. The Balaban J connectivity index is 1.40. The Morgan fingerprint density at radius 3 is 2.56 bits per heavy atom. The minimum absolute atomic E-state index is 0.186. The van der Waals surface area contributed by atoms with Gasteiger partial charge in [0.2, 0.25) is 0 Å². The molecular weight excluding hydrogens is 441 g/mol. The molecule has 4 rings (SSSR count). The van der Waals surface area contributed by atoms with Gasteiger partial charge in [-0.05, 0) is 78.2 Å². The topological polar surface area (TPSA) is 43.4 Å². The third-order valence-electron chi connectivity index (χ3n) is 5.44. The number of aromatic nitrogens is 1. The maximum absolute atomic E-state index is 13.5. The number of halogens is 3. The number of hydrogen-bond donors (Lipinski definition) is 1. The van der Waals surface area contributed by atoms with E-state index in [1.165, 1.54) is 0 Å². The molecule has 7 heteroatoms. The number of alkyl halides is 3. The molecular formula is C27H25F3N2O2. The van der Waals surface area contributed by atoms with Crippen molar-refractivity contribution in [1.82, 2.24) is 10.3 Å². The summed E-state index contributed by atoms with van der Waals surface area (Å²) in [4.78, 5) is 4.27. The van der Waals surface area contributed by atoms with Crippen LogP contribution >= 0.6 is 0 Å². The summed E-state index contributed by atoms with van der Waals surface area (Å²) in [5, 5.41) is 4.12. The summed E-state index contributed by atoms with van der Waals surface area (Å²) >= 11 is 0. The number of ether oxygens (including phenoxy) is 2. The van der Waals surface area contributed by atoms with Crippen LogP contribution in [0.2, 0.25) is 0 Å². The van der Waals surface area contributed by atoms with Crippen molar-refractivity contribution in [2.75, 3.05) is 26.8 Å². The molecule has 0 aliphatic rings. The summed E-state index contributed by atoms with van der Waals surface area (Å²) in [6.45, 7) is 1.48. The zero-order valence-corrected chi connectivity index (χ0v) is 18.7. The predicted molar refractivity (Wildman–Crippen MR) is 127 cm³/mol. The SMILES string of the molecule is COc1cccc(CCNCCOc2cc(-c3ccc4ncccc4c3)cc(C(F)(F)F)c2)c1. The van der Waals surface area contributed by atoms with Crippen molar-refractivity contribution in [3.8, 4) is 22.6 Å². The molecule has 0 fully saturated rings. The highest BCUT2D eigenvalue weighted by Crippen LogP contribution is 2.36. The molecule has 34 heavy (non-hydrogen) atoms. The van der Waals surface area contributed by atoms with Gasteiger partial charge in [-0.15, -0.1) is 0 Å². The van der Waals surface area contributed by atoms with E-state index < -0.39 is 11.7 Å². The van der Waals surface area contributed by atoms with E-state index in [1.807, 2.05) is 36.4 Å². The normalized spacial score (nSPS) is 11.5. The van der Waals surface area contributed by atoms with E-state index in [2.05, 4.69) is 10.3 Å². The summed E-state index contributed by atoms with van der Waals surface area (Å²) in [5.41, 5.74) is 2.31. The van der Waals surface area contributed by atoms with E-state index in [-0.39, 0.29) is 12.4 Å². The van der Waals surface area contributed by atoms with Crippen LogP contribution in [0.4, 0.5) is 13.2 Å².